The highest BCUT2D eigenvalue weighted by molar-refractivity contribution is 14.0. The standard InChI is InChI=1S/C19H30N4O.HI/c1-6-20-19(21-12-18(24)23(4)5)22-17-11-16(17)15-9-7-14(8-10-15)13(2)3;/h7-10,13,16-17H,6,11-12H2,1-5H3,(H2,20,21,22);1H. The van der Waals surface area contributed by atoms with Gasteiger partial charge in [-0.25, -0.2) is 4.99 Å². The van der Waals surface area contributed by atoms with Crippen molar-refractivity contribution >= 4 is 35.8 Å². The van der Waals surface area contributed by atoms with E-state index in [9.17, 15) is 4.79 Å². The van der Waals surface area contributed by atoms with Crippen LogP contribution in [0.3, 0.4) is 0 Å². The molecule has 0 aliphatic heterocycles. The third-order valence-electron chi connectivity index (χ3n) is 4.36. The van der Waals surface area contributed by atoms with E-state index in [0.717, 1.165) is 18.9 Å². The fourth-order valence-corrected chi connectivity index (χ4v) is 2.63. The summed E-state index contributed by atoms with van der Waals surface area (Å²) in [5.74, 6) is 1.82. The Hall–Kier alpha value is -1.31. The van der Waals surface area contributed by atoms with Crippen LogP contribution < -0.4 is 10.6 Å². The van der Waals surface area contributed by atoms with Gasteiger partial charge in [-0.1, -0.05) is 38.1 Å². The molecule has 2 atom stereocenters. The van der Waals surface area contributed by atoms with Gasteiger partial charge >= 0.3 is 0 Å². The molecular formula is C19H31IN4O. The Kier molecular flexibility index (Phi) is 8.68. The largest absolute Gasteiger partial charge is 0.357 e. The van der Waals surface area contributed by atoms with Gasteiger partial charge in [-0.15, -0.1) is 24.0 Å². The van der Waals surface area contributed by atoms with Crippen LogP contribution in [0.5, 0.6) is 0 Å². The third kappa shape index (κ3) is 6.49. The fourth-order valence-electron chi connectivity index (χ4n) is 2.63. The van der Waals surface area contributed by atoms with Crippen LogP contribution in [-0.4, -0.2) is 50.0 Å². The Morgan fingerprint density at radius 3 is 2.44 bits per heavy atom. The zero-order chi connectivity index (χ0) is 17.7. The number of hydrogen-bond acceptors (Lipinski definition) is 2. The van der Waals surface area contributed by atoms with Gasteiger partial charge in [-0.3, -0.25) is 4.79 Å². The van der Waals surface area contributed by atoms with Crippen molar-refractivity contribution in [3.8, 4) is 0 Å². The lowest BCUT2D eigenvalue weighted by atomic mass is 10.0. The molecule has 140 valence electrons. The lowest BCUT2D eigenvalue weighted by molar-refractivity contribution is -0.127. The van der Waals surface area contributed by atoms with Crippen LogP contribution >= 0.6 is 24.0 Å². The van der Waals surface area contributed by atoms with E-state index < -0.39 is 0 Å². The summed E-state index contributed by atoms with van der Waals surface area (Å²) in [6, 6.07) is 9.32. The van der Waals surface area contributed by atoms with Crippen molar-refractivity contribution in [2.45, 2.75) is 45.1 Å². The maximum atomic E-state index is 11.7. The molecule has 0 radical (unpaired) electrons. The van der Waals surface area contributed by atoms with Crippen LogP contribution in [0.1, 0.15) is 50.2 Å². The molecular weight excluding hydrogens is 427 g/mol. The number of hydrogen-bond donors (Lipinski definition) is 2. The Labute approximate surface area is 168 Å². The molecule has 1 aromatic rings. The molecule has 0 spiro atoms. The van der Waals surface area contributed by atoms with Gasteiger partial charge in [0.1, 0.15) is 6.54 Å². The van der Waals surface area contributed by atoms with Crippen molar-refractivity contribution in [1.29, 1.82) is 0 Å². The second-order valence-electron chi connectivity index (χ2n) is 6.90. The predicted molar refractivity (Wildman–Crippen MR) is 115 cm³/mol. The highest BCUT2D eigenvalue weighted by Crippen LogP contribution is 2.41. The topological polar surface area (TPSA) is 56.7 Å². The van der Waals surface area contributed by atoms with E-state index in [-0.39, 0.29) is 36.4 Å². The third-order valence-corrected chi connectivity index (χ3v) is 4.36. The van der Waals surface area contributed by atoms with E-state index in [2.05, 4.69) is 53.7 Å². The monoisotopic (exact) mass is 458 g/mol. The lowest BCUT2D eigenvalue weighted by Crippen LogP contribution is -2.40. The quantitative estimate of drug-likeness (QED) is 0.392. The summed E-state index contributed by atoms with van der Waals surface area (Å²) < 4.78 is 0. The van der Waals surface area contributed by atoms with E-state index in [1.807, 2.05) is 6.92 Å². The Morgan fingerprint density at radius 1 is 1.28 bits per heavy atom. The number of amides is 1. The second-order valence-corrected chi connectivity index (χ2v) is 6.90. The van der Waals surface area contributed by atoms with Crippen molar-refractivity contribution in [2.24, 2.45) is 4.99 Å². The first-order chi connectivity index (χ1) is 11.4. The van der Waals surface area contributed by atoms with Gasteiger partial charge in [0.2, 0.25) is 5.91 Å². The van der Waals surface area contributed by atoms with Crippen LogP contribution in [-0.2, 0) is 4.79 Å². The van der Waals surface area contributed by atoms with Gasteiger partial charge in [-0.05, 0) is 30.4 Å². The van der Waals surface area contributed by atoms with Crippen LogP contribution in [0.25, 0.3) is 0 Å². The molecule has 25 heavy (non-hydrogen) atoms. The van der Waals surface area contributed by atoms with Crippen LogP contribution in [0.4, 0.5) is 0 Å². The number of benzene rings is 1. The molecule has 2 rings (SSSR count). The van der Waals surface area contributed by atoms with Crippen molar-refractivity contribution in [1.82, 2.24) is 15.5 Å². The average molecular weight is 458 g/mol. The first-order valence-corrected chi connectivity index (χ1v) is 8.77. The molecule has 1 amide bonds. The fraction of sp³-hybridized carbons (Fsp3) is 0.579. The minimum Gasteiger partial charge on any atom is -0.357 e. The zero-order valence-corrected chi connectivity index (χ0v) is 18.2. The molecule has 2 N–H and O–H groups in total. The number of likely N-dealkylation sites (N-methyl/N-ethyl adjacent to an activating group) is 1. The summed E-state index contributed by atoms with van der Waals surface area (Å²) in [7, 11) is 3.49. The van der Waals surface area contributed by atoms with Crippen molar-refractivity contribution in [2.75, 3.05) is 27.2 Å². The van der Waals surface area contributed by atoms with Crippen LogP contribution in [0, 0.1) is 0 Å². The van der Waals surface area contributed by atoms with Gasteiger partial charge in [0.25, 0.3) is 0 Å². The molecule has 5 nitrogen and oxygen atoms in total. The first kappa shape index (κ1) is 21.7. The van der Waals surface area contributed by atoms with Crippen molar-refractivity contribution in [3.05, 3.63) is 35.4 Å². The zero-order valence-electron chi connectivity index (χ0n) is 15.9. The predicted octanol–water partition coefficient (Wildman–Crippen LogP) is 2.93. The minimum atomic E-state index is 0. The number of aliphatic imine (C=N–C) groups is 1. The normalized spacial score (nSPS) is 19.2. The summed E-state index contributed by atoms with van der Waals surface area (Å²) in [6.45, 7) is 7.40. The molecule has 0 bridgehead atoms. The molecule has 0 saturated heterocycles. The Bertz CT molecular complexity index is 584. The molecule has 1 fully saturated rings. The van der Waals surface area contributed by atoms with Crippen LogP contribution in [0.15, 0.2) is 29.3 Å². The Morgan fingerprint density at radius 2 is 1.92 bits per heavy atom. The number of carbonyl (C=O) groups is 1. The number of carbonyl (C=O) groups excluding carboxylic acids is 1. The number of nitrogens with one attached hydrogen (secondary N) is 2. The highest BCUT2D eigenvalue weighted by Gasteiger charge is 2.39. The second kappa shape index (κ2) is 9.99. The van der Waals surface area contributed by atoms with Crippen LogP contribution in [0.2, 0.25) is 0 Å². The SMILES string of the molecule is CCNC(=NCC(=O)N(C)C)NC1CC1c1ccc(C(C)C)cc1.I. The minimum absolute atomic E-state index is 0. The van der Waals surface area contributed by atoms with Crippen molar-refractivity contribution in [3.63, 3.8) is 0 Å². The summed E-state index contributed by atoms with van der Waals surface area (Å²) in [5.41, 5.74) is 2.75. The molecule has 1 aliphatic rings. The molecule has 1 saturated carbocycles. The van der Waals surface area contributed by atoms with Gasteiger partial charge in [0.05, 0.1) is 0 Å². The summed E-state index contributed by atoms with van der Waals surface area (Å²) >= 11 is 0. The molecule has 0 aromatic heterocycles. The van der Waals surface area contributed by atoms with Gasteiger partial charge in [0.15, 0.2) is 5.96 Å². The molecule has 0 heterocycles. The summed E-state index contributed by atoms with van der Waals surface area (Å²) in [5, 5.41) is 6.65. The smallest absolute Gasteiger partial charge is 0.243 e. The lowest BCUT2D eigenvalue weighted by Gasteiger charge is -2.13. The van der Waals surface area contributed by atoms with E-state index in [0.29, 0.717) is 17.9 Å². The average Bonchev–Trinajstić information content (AvgIpc) is 3.31. The number of nitrogens with zero attached hydrogens (tertiary/aromatic N) is 2. The van der Waals surface area contributed by atoms with Gasteiger partial charge in [0, 0.05) is 32.6 Å². The van der Waals surface area contributed by atoms with E-state index in [4.69, 9.17) is 0 Å². The molecule has 2 unspecified atom stereocenters. The van der Waals surface area contributed by atoms with Gasteiger partial charge in [-0.2, -0.15) is 0 Å². The maximum absolute atomic E-state index is 11.7. The summed E-state index contributed by atoms with van der Waals surface area (Å²) in [4.78, 5) is 17.6. The molecule has 6 heteroatoms. The molecule has 1 aliphatic carbocycles. The van der Waals surface area contributed by atoms with Gasteiger partial charge < -0.3 is 15.5 Å². The maximum Gasteiger partial charge on any atom is 0.243 e. The first-order valence-electron chi connectivity index (χ1n) is 8.77. The number of guanidine groups is 1. The van der Waals surface area contributed by atoms with E-state index in [1.165, 1.54) is 11.1 Å². The van der Waals surface area contributed by atoms with Crippen molar-refractivity contribution < 1.29 is 4.79 Å². The number of rotatable bonds is 6. The molecule has 1 aromatic carbocycles. The Balaban J connectivity index is 0.00000312. The summed E-state index contributed by atoms with van der Waals surface area (Å²) in [6.07, 6.45) is 1.10. The van der Waals surface area contributed by atoms with E-state index >= 15 is 0 Å². The number of halogens is 1. The highest BCUT2D eigenvalue weighted by atomic mass is 127. The van der Waals surface area contributed by atoms with E-state index in [1.54, 1.807) is 19.0 Å².